The molecule has 5 N–H and O–H groups in total. The normalized spacial score (nSPS) is 14.2. The number of carbonyl (C=O) groups is 3. The summed E-state index contributed by atoms with van der Waals surface area (Å²) < 4.78 is 0. The van der Waals surface area contributed by atoms with Crippen LogP contribution >= 0.6 is 12.6 Å². The van der Waals surface area contributed by atoms with E-state index in [1.54, 1.807) is 0 Å². The first-order valence-electron chi connectivity index (χ1n) is 8.49. The fraction of sp³-hybridized carbons (Fsp3) is 0.316. The summed E-state index contributed by atoms with van der Waals surface area (Å²) in [7, 11) is 0. The minimum atomic E-state index is -1.19. The second kappa shape index (κ2) is 9.38. The van der Waals surface area contributed by atoms with Crippen molar-refractivity contribution in [1.29, 1.82) is 0 Å². The van der Waals surface area contributed by atoms with Crippen molar-refractivity contribution in [1.82, 2.24) is 10.6 Å². The number of amides is 2. The molecule has 2 rings (SSSR count). The van der Waals surface area contributed by atoms with Gasteiger partial charge in [-0.15, -0.1) is 0 Å². The Labute approximate surface area is 162 Å². The summed E-state index contributed by atoms with van der Waals surface area (Å²) in [4.78, 5) is 35.2. The number of rotatable bonds is 8. The summed E-state index contributed by atoms with van der Waals surface area (Å²) in [5, 5.41) is 15.9. The third-order valence-electron chi connectivity index (χ3n) is 4.16. The SMILES string of the molecule is C[C@@H](NC(=O)[C@@H](N)Cc1ccc2ccccc2c1)C(=O)N[C@H](CS)C(=O)O. The molecule has 3 atom stereocenters. The molecule has 8 heteroatoms. The minimum Gasteiger partial charge on any atom is -0.480 e. The van der Waals surface area contributed by atoms with E-state index in [-0.39, 0.29) is 5.75 Å². The van der Waals surface area contributed by atoms with Crippen molar-refractivity contribution in [2.24, 2.45) is 5.73 Å². The van der Waals surface area contributed by atoms with Gasteiger partial charge >= 0.3 is 5.97 Å². The second-order valence-corrected chi connectivity index (χ2v) is 6.67. The molecule has 0 aliphatic carbocycles. The standard InChI is InChI=1S/C19H23N3O4S/c1-11(17(23)22-16(10-27)19(25)26)21-18(24)15(20)9-12-6-7-13-4-2-3-5-14(13)8-12/h2-8,11,15-16,27H,9-10,20H2,1H3,(H,21,24)(H,22,23)(H,25,26)/t11-,15+,16-/m1/s1. The molecule has 0 spiro atoms. The van der Waals surface area contributed by atoms with Gasteiger partial charge in [-0.25, -0.2) is 4.79 Å². The number of carboxylic acids is 1. The number of benzene rings is 2. The molecule has 144 valence electrons. The van der Waals surface area contributed by atoms with Crippen molar-refractivity contribution >= 4 is 41.2 Å². The molecule has 0 aliphatic heterocycles. The Kier molecular flexibility index (Phi) is 7.20. The van der Waals surface area contributed by atoms with Crippen LogP contribution in [0.15, 0.2) is 42.5 Å². The van der Waals surface area contributed by atoms with E-state index in [0.29, 0.717) is 6.42 Å². The highest BCUT2D eigenvalue weighted by molar-refractivity contribution is 7.80. The minimum absolute atomic E-state index is 0.0524. The fourth-order valence-electron chi connectivity index (χ4n) is 2.58. The molecule has 7 nitrogen and oxygen atoms in total. The number of hydrogen-bond acceptors (Lipinski definition) is 5. The summed E-state index contributed by atoms with van der Waals surface area (Å²) in [6.07, 6.45) is 0.319. The van der Waals surface area contributed by atoms with Crippen LogP contribution in [-0.4, -0.2) is 46.8 Å². The third-order valence-corrected chi connectivity index (χ3v) is 4.52. The van der Waals surface area contributed by atoms with E-state index in [4.69, 9.17) is 10.8 Å². The number of fused-ring (bicyclic) bond motifs is 1. The Bertz CT molecular complexity index is 843. The topological polar surface area (TPSA) is 122 Å². The van der Waals surface area contributed by atoms with Crippen molar-refractivity contribution in [2.75, 3.05) is 5.75 Å². The first-order chi connectivity index (χ1) is 12.8. The summed E-state index contributed by atoms with van der Waals surface area (Å²) in [6.45, 7) is 1.47. The number of carboxylic acid groups (broad SMARTS) is 1. The lowest BCUT2D eigenvalue weighted by molar-refractivity contribution is -0.141. The highest BCUT2D eigenvalue weighted by Crippen LogP contribution is 2.16. The van der Waals surface area contributed by atoms with Crippen molar-refractivity contribution in [3.05, 3.63) is 48.0 Å². The highest BCUT2D eigenvalue weighted by Gasteiger charge is 2.24. The average Bonchev–Trinajstić information content (AvgIpc) is 2.65. The zero-order valence-electron chi connectivity index (χ0n) is 14.9. The van der Waals surface area contributed by atoms with E-state index in [0.717, 1.165) is 16.3 Å². The van der Waals surface area contributed by atoms with Gasteiger partial charge < -0.3 is 21.5 Å². The fourth-order valence-corrected chi connectivity index (χ4v) is 2.83. The molecule has 0 aliphatic rings. The summed E-state index contributed by atoms with van der Waals surface area (Å²) in [5.41, 5.74) is 6.88. The van der Waals surface area contributed by atoms with E-state index >= 15 is 0 Å². The molecule has 2 aromatic rings. The van der Waals surface area contributed by atoms with Crippen LogP contribution in [0.1, 0.15) is 12.5 Å². The average molecular weight is 389 g/mol. The third kappa shape index (κ3) is 5.70. The first kappa shape index (κ1) is 20.7. The van der Waals surface area contributed by atoms with Gasteiger partial charge in [-0.2, -0.15) is 12.6 Å². The van der Waals surface area contributed by atoms with Gasteiger partial charge in [0.25, 0.3) is 0 Å². The van der Waals surface area contributed by atoms with Gasteiger partial charge in [0.05, 0.1) is 6.04 Å². The van der Waals surface area contributed by atoms with Crippen LogP contribution in [0, 0.1) is 0 Å². The molecule has 2 amide bonds. The van der Waals surface area contributed by atoms with E-state index in [9.17, 15) is 14.4 Å². The van der Waals surface area contributed by atoms with Gasteiger partial charge in [-0.1, -0.05) is 42.5 Å². The van der Waals surface area contributed by atoms with Gasteiger partial charge in [0, 0.05) is 5.75 Å². The van der Waals surface area contributed by atoms with Crippen molar-refractivity contribution < 1.29 is 19.5 Å². The van der Waals surface area contributed by atoms with E-state index in [1.807, 2.05) is 42.5 Å². The molecule has 27 heavy (non-hydrogen) atoms. The number of nitrogens with one attached hydrogen (secondary N) is 2. The van der Waals surface area contributed by atoms with Crippen molar-refractivity contribution in [2.45, 2.75) is 31.5 Å². The molecule has 2 aromatic carbocycles. The van der Waals surface area contributed by atoms with Crippen LogP contribution in [-0.2, 0) is 20.8 Å². The number of nitrogens with two attached hydrogens (primary N) is 1. The smallest absolute Gasteiger partial charge is 0.327 e. The van der Waals surface area contributed by atoms with Crippen LogP contribution in [0.3, 0.4) is 0 Å². The largest absolute Gasteiger partial charge is 0.480 e. The van der Waals surface area contributed by atoms with E-state index < -0.39 is 35.9 Å². The quantitative estimate of drug-likeness (QED) is 0.426. The molecule has 0 saturated heterocycles. The molecule has 0 bridgehead atoms. The van der Waals surface area contributed by atoms with Crippen molar-refractivity contribution in [3.63, 3.8) is 0 Å². The molecular formula is C19H23N3O4S. The number of carbonyl (C=O) groups excluding carboxylic acids is 2. The second-order valence-electron chi connectivity index (χ2n) is 6.30. The number of hydrogen-bond donors (Lipinski definition) is 5. The molecule has 0 radical (unpaired) electrons. The van der Waals surface area contributed by atoms with Crippen molar-refractivity contribution in [3.8, 4) is 0 Å². The van der Waals surface area contributed by atoms with Crippen LogP contribution in [0.5, 0.6) is 0 Å². The molecule has 0 heterocycles. The predicted molar refractivity (Wildman–Crippen MR) is 107 cm³/mol. The molecule has 0 saturated carbocycles. The van der Waals surface area contributed by atoms with E-state index in [1.165, 1.54) is 6.92 Å². The Morgan fingerprint density at radius 2 is 1.74 bits per heavy atom. The van der Waals surface area contributed by atoms with E-state index in [2.05, 4.69) is 23.3 Å². The van der Waals surface area contributed by atoms with Crippen LogP contribution in [0.4, 0.5) is 0 Å². The Balaban J connectivity index is 1.93. The zero-order valence-corrected chi connectivity index (χ0v) is 15.8. The highest BCUT2D eigenvalue weighted by atomic mass is 32.1. The van der Waals surface area contributed by atoms with Gasteiger partial charge in [0.1, 0.15) is 12.1 Å². The molecule has 0 fully saturated rings. The first-order valence-corrected chi connectivity index (χ1v) is 9.12. The van der Waals surface area contributed by atoms with Gasteiger partial charge in [-0.05, 0) is 29.7 Å². The van der Waals surface area contributed by atoms with Crippen LogP contribution < -0.4 is 16.4 Å². The monoisotopic (exact) mass is 389 g/mol. The molecule has 0 aromatic heterocycles. The van der Waals surface area contributed by atoms with Gasteiger partial charge in [-0.3, -0.25) is 9.59 Å². The maximum absolute atomic E-state index is 12.3. The van der Waals surface area contributed by atoms with Crippen LogP contribution in [0.2, 0.25) is 0 Å². The van der Waals surface area contributed by atoms with Gasteiger partial charge in [0.15, 0.2) is 0 Å². The number of aliphatic carboxylic acids is 1. The van der Waals surface area contributed by atoms with Crippen LogP contribution in [0.25, 0.3) is 10.8 Å². The molecule has 0 unspecified atom stereocenters. The lowest BCUT2D eigenvalue weighted by Gasteiger charge is -2.19. The Hall–Kier alpha value is -2.58. The summed E-state index contributed by atoms with van der Waals surface area (Å²) in [5.74, 6) is -2.33. The maximum Gasteiger partial charge on any atom is 0.327 e. The lowest BCUT2D eigenvalue weighted by atomic mass is 10.0. The Morgan fingerprint density at radius 1 is 1.07 bits per heavy atom. The molecular weight excluding hydrogens is 366 g/mol. The maximum atomic E-state index is 12.3. The Morgan fingerprint density at radius 3 is 2.37 bits per heavy atom. The number of thiol groups is 1. The zero-order chi connectivity index (χ0) is 20.0. The predicted octanol–water partition coefficient (Wildman–Crippen LogP) is 0.713. The lowest BCUT2D eigenvalue weighted by Crippen LogP contribution is -2.54. The van der Waals surface area contributed by atoms with Gasteiger partial charge in [0.2, 0.25) is 11.8 Å². The summed E-state index contributed by atoms with van der Waals surface area (Å²) >= 11 is 3.88. The summed E-state index contributed by atoms with van der Waals surface area (Å²) in [6, 6.07) is 10.9.